The lowest BCUT2D eigenvalue weighted by Gasteiger charge is -2.13. The Morgan fingerprint density at radius 2 is 1.93 bits per heavy atom. The van der Waals surface area contributed by atoms with Crippen LogP contribution in [0.15, 0.2) is 65.2 Å². The SMILES string of the molecule is Cc1ccc(Cn2cc3c(=O)n(-c4ccccc4C)nc-3c3c2=C[C@H]2C=C2C=3)nc1. The van der Waals surface area contributed by atoms with E-state index in [-0.39, 0.29) is 5.56 Å². The Labute approximate surface area is 173 Å². The first kappa shape index (κ1) is 17.2. The quantitative estimate of drug-likeness (QED) is 0.538. The van der Waals surface area contributed by atoms with Gasteiger partial charge in [0.05, 0.1) is 23.5 Å². The summed E-state index contributed by atoms with van der Waals surface area (Å²) in [6.07, 6.45) is 10.5. The van der Waals surface area contributed by atoms with Crippen molar-refractivity contribution >= 4 is 12.2 Å². The fraction of sp³-hybridized carbons (Fsp3) is 0.160. The second kappa shape index (κ2) is 6.13. The van der Waals surface area contributed by atoms with Crippen molar-refractivity contribution in [2.75, 3.05) is 0 Å². The summed E-state index contributed by atoms with van der Waals surface area (Å²) in [7, 11) is 0. The van der Waals surface area contributed by atoms with Gasteiger partial charge in [-0.25, -0.2) is 0 Å². The van der Waals surface area contributed by atoms with Gasteiger partial charge in [-0.3, -0.25) is 9.78 Å². The molecule has 1 aromatic carbocycles. The largest absolute Gasteiger partial charge is 0.341 e. The molecule has 0 bridgehead atoms. The molecule has 30 heavy (non-hydrogen) atoms. The number of nitrogens with zero attached hydrogens (tertiary/aromatic N) is 4. The molecule has 2 aliphatic heterocycles. The Kier molecular flexibility index (Phi) is 3.51. The third-order valence-electron chi connectivity index (χ3n) is 5.95. The molecule has 0 unspecified atom stereocenters. The number of benzene rings is 1. The van der Waals surface area contributed by atoms with E-state index in [1.54, 1.807) is 0 Å². The Bertz CT molecular complexity index is 1500. The van der Waals surface area contributed by atoms with Gasteiger partial charge in [0.25, 0.3) is 5.56 Å². The maximum atomic E-state index is 13.3. The van der Waals surface area contributed by atoms with Gasteiger partial charge in [-0.1, -0.05) is 30.3 Å². The normalized spacial score (nSPS) is 16.3. The maximum Gasteiger partial charge on any atom is 0.282 e. The van der Waals surface area contributed by atoms with E-state index in [2.05, 4.69) is 33.8 Å². The molecule has 3 heterocycles. The summed E-state index contributed by atoms with van der Waals surface area (Å²) < 4.78 is 3.68. The number of rotatable bonds is 3. The molecule has 0 spiro atoms. The zero-order chi connectivity index (χ0) is 20.4. The summed E-state index contributed by atoms with van der Waals surface area (Å²) in [5, 5.41) is 6.88. The van der Waals surface area contributed by atoms with Crippen molar-refractivity contribution in [3.63, 3.8) is 0 Å². The molecule has 0 radical (unpaired) electrons. The molecule has 0 fully saturated rings. The Morgan fingerprint density at radius 3 is 2.73 bits per heavy atom. The van der Waals surface area contributed by atoms with Gasteiger partial charge in [0.1, 0.15) is 5.69 Å². The number of para-hydroxylation sites is 1. The standard InChI is InChI=1S/C25H20N4O/c1-15-7-8-19(26-12-15)13-28-14-21-24(20-10-17-9-18(17)11-23(20)28)27-29(25(21)30)22-6-4-3-5-16(22)2/h3-12,14,18H,13H2,1-2H3/t18-/m1/s1. The van der Waals surface area contributed by atoms with Gasteiger partial charge in [0.15, 0.2) is 0 Å². The molecule has 2 aliphatic carbocycles. The smallest absolute Gasteiger partial charge is 0.282 e. The van der Waals surface area contributed by atoms with Crippen molar-refractivity contribution in [1.82, 2.24) is 19.3 Å². The topological polar surface area (TPSA) is 52.7 Å². The molecular formula is C25H20N4O. The minimum atomic E-state index is -0.0898. The molecule has 1 atom stereocenters. The summed E-state index contributed by atoms with van der Waals surface area (Å²) in [5.74, 6) is 0.400. The number of fused-ring (bicyclic) bond motifs is 4. The molecule has 1 aromatic heterocycles. The average molecular weight is 392 g/mol. The van der Waals surface area contributed by atoms with E-state index in [1.807, 2.05) is 56.6 Å². The number of aromatic nitrogens is 4. The van der Waals surface area contributed by atoms with Crippen LogP contribution in [-0.4, -0.2) is 19.3 Å². The highest BCUT2D eigenvalue weighted by Crippen LogP contribution is 2.33. The van der Waals surface area contributed by atoms with Gasteiger partial charge in [-0.2, -0.15) is 9.78 Å². The third kappa shape index (κ3) is 2.59. The molecule has 0 saturated carbocycles. The fourth-order valence-electron chi connectivity index (χ4n) is 4.21. The van der Waals surface area contributed by atoms with Crippen LogP contribution in [0.4, 0.5) is 0 Å². The van der Waals surface area contributed by atoms with Crippen molar-refractivity contribution in [3.8, 4) is 16.9 Å². The molecule has 0 N–H and O–H groups in total. The minimum Gasteiger partial charge on any atom is -0.341 e. The maximum absolute atomic E-state index is 13.3. The lowest BCUT2D eigenvalue weighted by Crippen LogP contribution is -2.39. The zero-order valence-electron chi connectivity index (χ0n) is 16.8. The van der Waals surface area contributed by atoms with Gasteiger partial charge >= 0.3 is 0 Å². The number of hydrogen-bond donors (Lipinski definition) is 0. The molecule has 0 amide bonds. The fourth-order valence-corrected chi connectivity index (χ4v) is 4.21. The van der Waals surface area contributed by atoms with Crippen molar-refractivity contribution in [1.29, 1.82) is 0 Å². The molecule has 4 aliphatic rings. The summed E-state index contributed by atoms with van der Waals surface area (Å²) in [4.78, 5) is 17.9. The molecular weight excluding hydrogens is 372 g/mol. The first-order valence-corrected chi connectivity index (χ1v) is 10.1. The van der Waals surface area contributed by atoms with Crippen LogP contribution in [0.3, 0.4) is 0 Å². The Balaban J connectivity index is 1.62. The van der Waals surface area contributed by atoms with E-state index in [0.717, 1.165) is 38.8 Å². The number of hydrogen-bond acceptors (Lipinski definition) is 3. The van der Waals surface area contributed by atoms with E-state index < -0.39 is 0 Å². The first-order valence-electron chi connectivity index (χ1n) is 10.1. The first-order chi connectivity index (χ1) is 14.6. The van der Waals surface area contributed by atoms with Crippen LogP contribution in [0, 0.1) is 19.8 Å². The predicted molar refractivity (Wildman–Crippen MR) is 117 cm³/mol. The van der Waals surface area contributed by atoms with E-state index >= 15 is 0 Å². The van der Waals surface area contributed by atoms with Crippen LogP contribution in [-0.2, 0) is 6.54 Å². The molecule has 0 saturated heterocycles. The highest BCUT2D eigenvalue weighted by molar-refractivity contribution is 5.74. The van der Waals surface area contributed by atoms with E-state index in [4.69, 9.17) is 5.10 Å². The van der Waals surface area contributed by atoms with Crippen molar-refractivity contribution in [2.24, 2.45) is 5.92 Å². The summed E-state index contributed by atoms with van der Waals surface area (Å²) in [5.41, 5.74) is 6.54. The second-order valence-corrected chi connectivity index (χ2v) is 8.15. The molecule has 2 aromatic rings. The van der Waals surface area contributed by atoms with Crippen LogP contribution < -0.4 is 16.1 Å². The zero-order valence-corrected chi connectivity index (χ0v) is 16.8. The lowest BCUT2D eigenvalue weighted by atomic mass is 10.1. The van der Waals surface area contributed by atoms with Gasteiger partial charge in [-0.05, 0) is 54.8 Å². The van der Waals surface area contributed by atoms with Crippen LogP contribution in [0.2, 0.25) is 0 Å². The monoisotopic (exact) mass is 392 g/mol. The average Bonchev–Trinajstić information content (AvgIpc) is 3.44. The number of allylic oxidation sites excluding steroid dienone is 2. The van der Waals surface area contributed by atoms with E-state index in [9.17, 15) is 4.79 Å². The number of pyridine rings is 2. The third-order valence-corrected chi connectivity index (χ3v) is 5.95. The molecule has 5 heteroatoms. The van der Waals surface area contributed by atoms with Crippen molar-refractivity contribution in [2.45, 2.75) is 20.4 Å². The van der Waals surface area contributed by atoms with Gasteiger partial charge in [0.2, 0.25) is 0 Å². The summed E-state index contributed by atoms with van der Waals surface area (Å²) in [6.45, 7) is 4.64. The summed E-state index contributed by atoms with van der Waals surface area (Å²) in [6, 6.07) is 12.0. The van der Waals surface area contributed by atoms with E-state index in [1.165, 1.54) is 10.3 Å². The van der Waals surface area contributed by atoms with Crippen molar-refractivity contribution < 1.29 is 0 Å². The lowest BCUT2D eigenvalue weighted by molar-refractivity contribution is 0.734. The molecule has 6 rings (SSSR count). The highest BCUT2D eigenvalue weighted by Gasteiger charge is 2.27. The Morgan fingerprint density at radius 1 is 1.07 bits per heavy atom. The number of aryl methyl sites for hydroxylation is 2. The molecule has 146 valence electrons. The van der Waals surface area contributed by atoms with Crippen LogP contribution in [0.1, 0.15) is 16.8 Å². The molecule has 5 nitrogen and oxygen atoms in total. The van der Waals surface area contributed by atoms with Crippen LogP contribution in [0.25, 0.3) is 29.1 Å². The van der Waals surface area contributed by atoms with Crippen LogP contribution in [0.5, 0.6) is 0 Å². The predicted octanol–water partition coefficient (Wildman–Crippen LogP) is 2.33. The Hall–Kier alpha value is -3.73. The van der Waals surface area contributed by atoms with Crippen molar-refractivity contribution in [3.05, 3.63) is 98.2 Å². The van der Waals surface area contributed by atoms with Gasteiger partial charge in [-0.15, -0.1) is 0 Å². The van der Waals surface area contributed by atoms with Gasteiger partial charge in [0, 0.05) is 28.9 Å². The van der Waals surface area contributed by atoms with E-state index in [0.29, 0.717) is 18.0 Å². The van der Waals surface area contributed by atoms with Crippen LogP contribution >= 0.6 is 0 Å². The highest BCUT2D eigenvalue weighted by atomic mass is 16.1. The second-order valence-electron chi connectivity index (χ2n) is 8.15. The minimum absolute atomic E-state index is 0.0898. The van der Waals surface area contributed by atoms with Gasteiger partial charge < -0.3 is 4.57 Å². The summed E-state index contributed by atoms with van der Waals surface area (Å²) >= 11 is 0.